The van der Waals surface area contributed by atoms with Gasteiger partial charge in [-0.1, -0.05) is 13.8 Å². The van der Waals surface area contributed by atoms with Gasteiger partial charge in [0, 0.05) is 19.2 Å². The molecule has 184 valence electrons. The van der Waals surface area contributed by atoms with Gasteiger partial charge in [-0.25, -0.2) is 9.59 Å². The number of carbonyl (C=O) groups is 3. The van der Waals surface area contributed by atoms with Crippen LogP contribution in [0.4, 0.5) is 15.3 Å². The molecule has 34 heavy (non-hydrogen) atoms. The second-order valence-electron chi connectivity index (χ2n) is 6.67. The third-order valence-electron chi connectivity index (χ3n) is 4.19. The van der Waals surface area contributed by atoms with Crippen LogP contribution in [0, 0.1) is 21.4 Å². The molecule has 0 saturated heterocycles. The van der Waals surface area contributed by atoms with Crippen molar-refractivity contribution in [3.8, 4) is 17.6 Å². The number of nitrogens with zero attached hydrogens (tertiary/aromatic N) is 3. The molecule has 0 spiro atoms. The lowest BCUT2D eigenvalue weighted by Gasteiger charge is -2.17. The molecule has 1 aromatic carbocycles. The number of amides is 1. The Labute approximate surface area is 196 Å². The van der Waals surface area contributed by atoms with Crippen molar-refractivity contribution < 1.29 is 38.3 Å². The van der Waals surface area contributed by atoms with Gasteiger partial charge in [-0.15, -0.1) is 0 Å². The molecule has 0 aliphatic heterocycles. The molecular weight excluding hydrogens is 450 g/mol. The molecule has 0 bridgehead atoms. The summed E-state index contributed by atoms with van der Waals surface area (Å²) in [6, 6.07) is 3.85. The van der Waals surface area contributed by atoms with E-state index >= 15 is 0 Å². The van der Waals surface area contributed by atoms with Crippen molar-refractivity contribution in [2.24, 2.45) is 0 Å². The first-order valence-electron chi connectivity index (χ1n) is 10.6. The van der Waals surface area contributed by atoms with Gasteiger partial charge in [-0.2, -0.15) is 5.26 Å². The van der Waals surface area contributed by atoms with E-state index in [1.54, 1.807) is 33.8 Å². The van der Waals surface area contributed by atoms with E-state index in [1.165, 1.54) is 4.90 Å². The minimum absolute atomic E-state index is 0.00117. The number of carbonyl (C=O) groups excluding carboxylic acids is 3. The van der Waals surface area contributed by atoms with Crippen LogP contribution in [-0.4, -0.2) is 54.3 Å². The van der Waals surface area contributed by atoms with E-state index in [0.717, 1.165) is 18.2 Å². The summed E-state index contributed by atoms with van der Waals surface area (Å²) in [7, 11) is 0. The molecule has 0 heterocycles. The predicted molar refractivity (Wildman–Crippen MR) is 119 cm³/mol. The molecule has 0 fully saturated rings. The first kappa shape index (κ1) is 27.9. The number of nitro groups is 1. The smallest absolute Gasteiger partial charge is 0.434 e. The highest BCUT2D eigenvalue weighted by Crippen LogP contribution is 2.39. The fourth-order valence-corrected chi connectivity index (χ4v) is 2.60. The van der Waals surface area contributed by atoms with E-state index < -0.39 is 40.3 Å². The van der Waals surface area contributed by atoms with Crippen LogP contribution in [0.2, 0.25) is 0 Å². The molecule has 0 N–H and O–H groups in total. The van der Waals surface area contributed by atoms with Gasteiger partial charge >= 0.3 is 18.0 Å². The summed E-state index contributed by atoms with van der Waals surface area (Å²) in [4.78, 5) is 48.8. The third kappa shape index (κ3) is 8.09. The second kappa shape index (κ2) is 14.1. The Balaban J connectivity index is 3.59. The lowest BCUT2D eigenvalue weighted by Crippen LogP contribution is -2.31. The third-order valence-corrected chi connectivity index (χ3v) is 4.19. The maximum absolute atomic E-state index is 12.6. The Kier molecular flexibility index (Phi) is 11.6. The highest BCUT2D eigenvalue weighted by Gasteiger charge is 2.28. The van der Waals surface area contributed by atoms with Crippen molar-refractivity contribution in [1.82, 2.24) is 4.90 Å². The minimum Gasteiger partial charge on any atom is -0.434 e. The molecule has 1 aromatic rings. The summed E-state index contributed by atoms with van der Waals surface area (Å²) in [6.45, 7) is 7.67. The average molecular weight is 477 g/mol. The Morgan fingerprint density at radius 2 is 1.59 bits per heavy atom. The van der Waals surface area contributed by atoms with E-state index in [0.29, 0.717) is 25.9 Å². The Morgan fingerprint density at radius 3 is 2.06 bits per heavy atom. The number of hydrogen-bond acceptors (Lipinski definition) is 10. The molecular formula is C22H27N3O9. The largest absolute Gasteiger partial charge is 0.514 e. The van der Waals surface area contributed by atoms with Crippen LogP contribution in [0.15, 0.2) is 17.7 Å². The van der Waals surface area contributed by atoms with Crippen molar-refractivity contribution in [2.45, 2.75) is 40.5 Å². The lowest BCUT2D eigenvalue weighted by atomic mass is 10.1. The molecule has 1 rings (SSSR count). The summed E-state index contributed by atoms with van der Waals surface area (Å²) in [5, 5.41) is 21.2. The Bertz CT molecular complexity index is 979. The van der Waals surface area contributed by atoms with Crippen LogP contribution in [0.5, 0.6) is 11.5 Å². The van der Waals surface area contributed by atoms with Crippen molar-refractivity contribution in [1.29, 1.82) is 5.26 Å². The SMILES string of the molecule is CCCOC(=O)Oc1cc(C=C(C#N)C(=O)N(CC)CC)cc([N+](=O)[O-])c1OC(=O)OCCC. The van der Waals surface area contributed by atoms with Crippen LogP contribution < -0.4 is 9.47 Å². The van der Waals surface area contributed by atoms with Crippen LogP contribution in [-0.2, 0) is 14.3 Å². The molecule has 0 unspecified atom stereocenters. The normalized spacial score (nSPS) is 10.6. The summed E-state index contributed by atoms with van der Waals surface area (Å²) in [5.74, 6) is -1.80. The predicted octanol–water partition coefficient (Wildman–Crippen LogP) is 4.22. The fourth-order valence-electron chi connectivity index (χ4n) is 2.60. The average Bonchev–Trinajstić information content (AvgIpc) is 2.81. The van der Waals surface area contributed by atoms with E-state index in [1.807, 2.05) is 0 Å². The standard InChI is InChI=1S/C22H27N3O9/c1-5-9-31-21(27)33-18-13-15(11-16(14-23)20(26)24(7-3)8-4)12-17(25(29)30)19(18)34-22(28)32-10-6-2/h11-13H,5-10H2,1-4H3. The van der Waals surface area contributed by atoms with Crippen molar-refractivity contribution in [3.63, 3.8) is 0 Å². The number of likely N-dealkylation sites (N-methyl/N-ethyl adjacent to an activating group) is 1. The molecule has 0 aliphatic carbocycles. The van der Waals surface area contributed by atoms with E-state index in [-0.39, 0.29) is 24.4 Å². The van der Waals surface area contributed by atoms with Crippen molar-refractivity contribution in [2.75, 3.05) is 26.3 Å². The highest BCUT2D eigenvalue weighted by molar-refractivity contribution is 6.01. The fraction of sp³-hybridized carbons (Fsp3) is 0.455. The monoisotopic (exact) mass is 477 g/mol. The van der Waals surface area contributed by atoms with Crippen molar-refractivity contribution >= 4 is 30.0 Å². The van der Waals surface area contributed by atoms with Gasteiger partial charge in [0.1, 0.15) is 11.6 Å². The van der Waals surface area contributed by atoms with Gasteiger partial charge in [0.25, 0.3) is 11.7 Å². The second-order valence-corrected chi connectivity index (χ2v) is 6.67. The maximum Gasteiger partial charge on any atom is 0.514 e. The molecule has 0 radical (unpaired) electrons. The molecule has 0 aliphatic rings. The zero-order valence-electron chi connectivity index (χ0n) is 19.5. The van der Waals surface area contributed by atoms with Crippen LogP contribution in [0.25, 0.3) is 6.08 Å². The number of hydrogen-bond donors (Lipinski definition) is 0. The van der Waals surface area contributed by atoms with E-state index in [2.05, 4.69) is 0 Å². The van der Waals surface area contributed by atoms with Crippen molar-refractivity contribution in [3.05, 3.63) is 33.4 Å². The quantitative estimate of drug-likeness (QED) is 0.113. The molecule has 12 heteroatoms. The molecule has 0 aromatic heterocycles. The van der Waals surface area contributed by atoms with Crippen LogP contribution >= 0.6 is 0 Å². The Hall–Kier alpha value is -4.14. The van der Waals surface area contributed by atoms with Gasteiger partial charge in [-0.3, -0.25) is 14.9 Å². The van der Waals surface area contributed by atoms with Gasteiger partial charge in [0.05, 0.1) is 18.1 Å². The van der Waals surface area contributed by atoms with Gasteiger partial charge < -0.3 is 23.8 Å². The number of ether oxygens (including phenoxy) is 4. The van der Waals surface area contributed by atoms with Gasteiger partial charge in [0.2, 0.25) is 0 Å². The van der Waals surface area contributed by atoms with Crippen LogP contribution in [0.3, 0.4) is 0 Å². The number of nitro benzene ring substituents is 1. The zero-order valence-corrected chi connectivity index (χ0v) is 19.5. The van der Waals surface area contributed by atoms with Gasteiger partial charge in [-0.05, 0) is 44.4 Å². The summed E-state index contributed by atoms with van der Waals surface area (Å²) < 4.78 is 19.6. The van der Waals surface area contributed by atoms with Crippen LogP contribution in [0.1, 0.15) is 46.1 Å². The molecule has 12 nitrogen and oxygen atoms in total. The summed E-state index contributed by atoms with van der Waals surface area (Å²) in [5.41, 5.74) is -1.07. The first-order chi connectivity index (χ1) is 16.2. The number of benzene rings is 1. The summed E-state index contributed by atoms with van der Waals surface area (Å²) in [6.07, 6.45) is -0.357. The Morgan fingerprint density at radius 1 is 1.03 bits per heavy atom. The van der Waals surface area contributed by atoms with Gasteiger partial charge in [0.15, 0.2) is 5.75 Å². The minimum atomic E-state index is -1.24. The molecule has 0 atom stereocenters. The zero-order chi connectivity index (χ0) is 25.7. The first-order valence-corrected chi connectivity index (χ1v) is 10.6. The maximum atomic E-state index is 12.6. The molecule has 1 amide bonds. The lowest BCUT2D eigenvalue weighted by molar-refractivity contribution is -0.385. The number of nitriles is 1. The van der Waals surface area contributed by atoms with E-state index in [4.69, 9.17) is 18.9 Å². The number of rotatable bonds is 11. The highest BCUT2D eigenvalue weighted by atomic mass is 16.7. The summed E-state index contributed by atoms with van der Waals surface area (Å²) >= 11 is 0. The topological polar surface area (TPSA) is 158 Å². The van der Waals surface area contributed by atoms with E-state index in [9.17, 15) is 29.8 Å². The molecule has 0 saturated carbocycles.